The largest absolute Gasteiger partial charge is 0.355 e. The Balaban J connectivity index is 1.22. The lowest BCUT2D eigenvalue weighted by Gasteiger charge is -2.30. The molecule has 11 heteroatoms. The molecule has 1 aliphatic heterocycles. The first-order valence-corrected chi connectivity index (χ1v) is 13.9. The van der Waals surface area contributed by atoms with E-state index >= 15 is 0 Å². The van der Waals surface area contributed by atoms with Gasteiger partial charge in [-0.05, 0) is 55.3 Å². The smallest absolute Gasteiger partial charge is 0.241 e. The maximum atomic E-state index is 12.7. The Bertz CT molecular complexity index is 1160. The molecule has 1 saturated heterocycles. The molecule has 0 bridgehead atoms. The highest BCUT2D eigenvalue weighted by Gasteiger charge is 2.27. The molecule has 1 N–H and O–H groups in total. The van der Waals surface area contributed by atoms with E-state index in [1.165, 1.54) is 0 Å². The van der Waals surface area contributed by atoms with Gasteiger partial charge in [-0.3, -0.25) is 9.69 Å². The lowest BCUT2D eigenvalue weighted by molar-refractivity contribution is -0.126. The SMILES string of the molecule is O=C(NCCSCc1c(Cl)cccc1Cl)C1CCCN(Cc2nc(-c3ccc(Cl)cc3Cl)no2)C1. The zero-order valence-corrected chi connectivity index (χ0v) is 22.6. The van der Waals surface area contributed by atoms with Crippen molar-refractivity contribution in [2.45, 2.75) is 25.1 Å². The van der Waals surface area contributed by atoms with Crippen LogP contribution in [0, 0.1) is 5.92 Å². The molecule has 0 radical (unpaired) electrons. The van der Waals surface area contributed by atoms with Crippen LogP contribution in [0.5, 0.6) is 0 Å². The van der Waals surface area contributed by atoms with E-state index in [1.807, 2.05) is 18.2 Å². The molecule has 0 saturated carbocycles. The summed E-state index contributed by atoms with van der Waals surface area (Å²) in [5.74, 6) is 2.40. The number of hydrogen-bond donors (Lipinski definition) is 1. The molecule has 6 nitrogen and oxygen atoms in total. The van der Waals surface area contributed by atoms with E-state index in [9.17, 15) is 4.79 Å². The summed E-state index contributed by atoms with van der Waals surface area (Å²) < 4.78 is 5.43. The molecule has 1 aliphatic rings. The highest BCUT2D eigenvalue weighted by Crippen LogP contribution is 2.29. The number of benzene rings is 2. The van der Waals surface area contributed by atoms with Crippen LogP contribution in [0.2, 0.25) is 20.1 Å². The minimum atomic E-state index is -0.0696. The highest BCUT2D eigenvalue weighted by molar-refractivity contribution is 7.98. The summed E-state index contributed by atoms with van der Waals surface area (Å²) in [4.78, 5) is 19.4. The second-order valence-corrected chi connectivity index (χ2v) is 11.0. The van der Waals surface area contributed by atoms with Crippen molar-refractivity contribution in [1.82, 2.24) is 20.4 Å². The molecule has 1 fully saturated rings. The molecule has 0 spiro atoms. The zero-order chi connectivity index (χ0) is 24.8. The monoisotopic (exact) mass is 572 g/mol. The van der Waals surface area contributed by atoms with E-state index in [0.29, 0.717) is 62.8 Å². The molecule has 186 valence electrons. The summed E-state index contributed by atoms with van der Waals surface area (Å²) in [5, 5.41) is 9.45. The van der Waals surface area contributed by atoms with Gasteiger partial charge in [0.05, 0.1) is 17.5 Å². The van der Waals surface area contributed by atoms with Crippen molar-refractivity contribution in [3.8, 4) is 11.4 Å². The van der Waals surface area contributed by atoms with Crippen molar-refractivity contribution < 1.29 is 9.32 Å². The van der Waals surface area contributed by atoms with Gasteiger partial charge in [-0.2, -0.15) is 16.7 Å². The quantitative estimate of drug-likeness (QED) is 0.290. The zero-order valence-electron chi connectivity index (χ0n) is 18.8. The molecule has 1 amide bonds. The average molecular weight is 574 g/mol. The van der Waals surface area contributed by atoms with Crippen LogP contribution in [0.15, 0.2) is 40.9 Å². The molecule has 35 heavy (non-hydrogen) atoms. The van der Waals surface area contributed by atoms with Gasteiger partial charge in [0.25, 0.3) is 0 Å². The summed E-state index contributed by atoms with van der Waals surface area (Å²) in [7, 11) is 0. The molecule has 3 aromatic rings. The summed E-state index contributed by atoms with van der Waals surface area (Å²) in [6, 6.07) is 10.6. The lowest BCUT2D eigenvalue weighted by Crippen LogP contribution is -2.43. The van der Waals surface area contributed by atoms with Crippen molar-refractivity contribution in [1.29, 1.82) is 0 Å². The van der Waals surface area contributed by atoms with Crippen molar-refractivity contribution in [3.05, 3.63) is 67.9 Å². The fourth-order valence-electron chi connectivity index (χ4n) is 3.94. The normalized spacial score (nSPS) is 16.4. The Morgan fingerprint density at radius 2 is 1.94 bits per heavy atom. The molecular weight excluding hydrogens is 550 g/mol. The molecule has 4 rings (SSSR count). The summed E-state index contributed by atoms with van der Waals surface area (Å²) in [6.45, 7) is 2.60. The minimum absolute atomic E-state index is 0.0696. The molecule has 1 unspecified atom stereocenters. The minimum Gasteiger partial charge on any atom is -0.355 e. The number of nitrogens with one attached hydrogen (secondary N) is 1. The molecular formula is C24H24Cl4N4O2S. The van der Waals surface area contributed by atoms with E-state index in [2.05, 4.69) is 20.4 Å². The third-order valence-electron chi connectivity index (χ3n) is 5.73. The fraction of sp³-hybridized carbons (Fsp3) is 0.375. The first-order chi connectivity index (χ1) is 16.9. The predicted octanol–water partition coefficient (Wildman–Crippen LogP) is 6.61. The fourth-order valence-corrected chi connectivity index (χ4v) is 6.03. The van der Waals surface area contributed by atoms with Gasteiger partial charge in [0.15, 0.2) is 0 Å². The Morgan fingerprint density at radius 1 is 1.14 bits per heavy atom. The van der Waals surface area contributed by atoms with Crippen LogP contribution in [-0.4, -0.2) is 46.3 Å². The van der Waals surface area contributed by atoms with Crippen molar-refractivity contribution in [2.24, 2.45) is 5.92 Å². The summed E-state index contributed by atoms with van der Waals surface area (Å²) >= 11 is 26.3. The van der Waals surface area contributed by atoms with Crippen LogP contribution >= 0.6 is 58.2 Å². The third-order valence-corrected chi connectivity index (χ3v) is 7.97. The number of aromatic nitrogens is 2. The number of likely N-dealkylation sites (tertiary alicyclic amines) is 1. The second kappa shape index (κ2) is 12.7. The number of carbonyl (C=O) groups is 1. The molecule has 1 atom stereocenters. The second-order valence-electron chi connectivity index (χ2n) is 8.25. The maximum Gasteiger partial charge on any atom is 0.241 e. The number of amides is 1. The van der Waals surface area contributed by atoms with Gasteiger partial charge >= 0.3 is 0 Å². The summed E-state index contributed by atoms with van der Waals surface area (Å²) in [5.41, 5.74) is 1.59. The topological polar surface area (TPSA) is 71.3 Å². The van der Waals surface area contributed by atoms with Crippen LogP contribution in [0.1, 0.15) is 24.3 Å². The van der Waals surface area contributed by atoms with Gasteiger partial charge in [-0.25, -0.2) is 0 Å². The first kappa shape index (κ1) is 26.6. The van der Waals surface area contributed by atoms with E-state index in [1.54, 1.807) is 30.0 Å². The number of hydrogen-bond acceptors (Lipinski definition) is 6. The standard InChI is InChI=1S/C24H24Cl4N4O2S/c25-16-6-7-17(21(28)11-16)23-30-22(34-31-23)13-32-9-2-3-15(12-32)24(33)29-8-10-35-14-18-19(26)4-1-5-20(18)27/h1,4-7,11,15H,2-3,8-10,12-14H2,(H,29,33). The Kier molecular flexibility index (Phi) is 9.61. The first-order valence-electron chi connectivity index (χ1n) is 11.2. The van der Waals surface area contributed by atoms with Gasteiger partial charge < -0.3 is 9.84 Å². The van der Waals surface area contributed by atoms with Gasteiger partial charge in [-0.1, -0.05) is 57.6 Å². The average Bonchev–Trinajstić information content (AvgIpc) is 3.28. The maximum absolute atomic E-state index is 12.7. The van der Waals surface area contributed by atoms with Crippen LogP contribution in [-0.2, 0) is 17.1 Å². The molecule has 1 aromatic heterocycles. The number of rotatable bonds is 9. The Hall–Kier alpha value is -1.48. The van der Waals surface area contributed by atoms with Gasteiger partial charge in [0.1, 0.15) is 0 Å². The number of halogens is 4. The molecule has 2 aromatic carbocycles. The third kappa shape index (κ3) is 7.28. The number of nitrogens with zero attached hydrogens (tertiary/aromatic N) is 3. The number of carbonyl (C=O) groups excluding carboxylic acids is 1. The van der Waals surface area contributed by atoms with Crippen molar-refractivity contribution >= 4 is 64.1 Å². The van der Waals surface area contributed by atoms with Gasteiger partial charge in [-0.15, -0.1) is 0 Å². The van der Waals surface area contributed by atoms with E-state index in [4.69, 9.17) is 50.9 Å². The molecule has 2 heterocycles. The lowest BCUT2D eigenvalue weighted by atomic mass is 9.97. The highest BCUT2D eigenvalue weighted by atomic mass is 35.5. The van der Waals surface area contributed by atoms with Crippen LogP contribution in [0.25, 0.3) is 11.4 Å². The van der Waals surface area contributed by atoms with Crippen LogP contribution in [0.4, 0.5) is 0 Å². The van der Waals surface area contributed by atoms with Gasteiger partial charge in [0, 0.05) is 45.2 Å². The van der Waals surface area contributed by atoms with Crippen LogP contribution in [0.3, 0.4) is 0 Å². The van der Waals surface area contributed by atoms with E-state index < -0.39 is 0 Å². The molecule has 0 aliphatic carbocycles. The number of thioether (sulfide) groups is 1. The van der Waals surface area contributed by atoms with Gasteiger partial charge in [0.2, 0.25) is 17.6 Å². The van der Waals surface area contributed by atoms with E-state index in [-0.39, 0.29) is 11.8 Å². The predicted molar refractivity (Wildman–Crippen MR) is 143 cm³/mol. The van der Waals surface area contributed by atoms with Crippen molar-refractivity contribution in [3.63, 3.8) is 0 Å². The Labute approximate surface area is 228 Å². The summed E-state index contributed by atoms with van der Waals surface area (Å²) in [6.07, 6.45) is 1.79. The van der Waals surface area contributed by atoms with E-state index in [0.717, 1.165) is 30.7 Å². The van der Waals surface area contributed by atoms with Crippen molar-refractivity contribution in [2.75, 3.05) is 25.4 Å². The van der Waals surface area contributed by atoms with Crippen LogP contribution < -0.4 is 5.32 Å². The number of piperidine rings is 1. The Morgan fingerprint density at radius 3 is 2.71 bits per heavy atom.